The summed E-state index contributed by atoms with van der Waals surface area (Å²) >= 11 is 0. The average Bonchev–Trinajstić information content (AvgIpc) is 2.70. The summed E-state index contributed by atoms with van der Waals surface area (Å²) in [6, 6.07) is 3.32. The molecule has 0 aliphatic heterocycles. The van der Waals surface area contributed by atoms with E-state index < -0.39 is 23.3 Å². The van der Waals surface area contributed by atoms with E-state index in [-0.39, 0.29) is 29.3 Å². The van der Waals surface area contributed by atoms with E-state index in [0.717, 1.165) is 37.8 Å². The van der Waals surface area contributed by atoms with E-state index in [1.165, 1.54) is 13.2 Å². The number of carbonyl (C=O) groups is 2. The molecule has 1 aromatic carbocycles. The second kappa shape index (κ2) is 10.0. The number of esters is 1. The minimum absolute atomic E-state index is 0.0415. The molecule has 0 N–H and O–H groups in total. The standard InChI is InChI=1S/C23H33F3N2O4/c1-22(2,3)32-21(30)28(5)17-10-7-15(8-11-17)14-27(4)19-13-16(20(29)31-6)9-12-18(19)23(24,25)26/h9,12-13,15,17H,7-8,10-11,14H2,1-6H3/t15-,17-. The Labute approximate surface area is 187 Å². The van der Waals surface area contributed by atoms with Crippen molar-refractivity contribution in [1.29, 1.82) is 0 Å². The predicted octanol–water partition coefficient (Wildman–Crippen LogP) is 5.35. The normalized spacial score (nSPS) is 19.3. The topological polar surface area (TPSA) is 59.1 Å². The second-order valence-electron chi connectivity index (χ2n) is 9.37. The Kier molecular flexibility index (Phi) is 8.07. The molecule has 1 aliphatic rings. The van der Waals surface area contributed by atoms with Gasteiger partial charge in [-0.05, 0) is 70.6 Å². The van der Waals surface area contributed by atoms with Crippen LogP contribution in [-0.2, 0) is 15.7 Å². The van der Waals surface area contributed by atoms with E-state index >= 15 is 0 Å². The fourth-order valence-corrected chi connectivity index (χ4v) is 4.02. The monoisotopic (exact) mass is 458 g/mol. The molecule has 32 heavy (non-hydrogen) atoms. The van der Waals surface area contributed by atoms with Crippen molar-refractivity contribution in [3.05, 3.63) is 29.3 Å². The fourth-order valence-electron chi connectivity index (χ4n) is 4.02. The smallest absolute Gasteiger partial charge is 0.418 e. The Morgan fingerprint density at radius 3 is 2.16 bits per heavy atom. The van der Waals surface area contributed by atoms with Crippen molar-refractivity contribution in [1.82, 2.24) is 4.90 Å². The number of hydrogen-bond acceptors (Lipinski definition) is 5. The van der Waals surface area contributed by atoms with E-state index in [2.05, 4.69) is 4.74 Å². The van der Waals surface area contributed by atoms with Gasteiger partial charge in [-0.25, -0.2) is 9.59 Å². The van der Waals surface area contributed by atoms with Gasteiger partial charge in [0.1, 0.15) is 5.60 Å². The van der Waals surface area contributed by atoms with E-state index in [9.17, 15) is 22.8 Å². The van der Waals surface area contributed by atoms with Crippen LogP contribution < -0.4 is 4.90 Å². The van der Waals surface area contributed by atoms with Crippen LogP contribution in [0.1, 0.15) is 62.4 Å². The quantitative estimate of drug-likeness (QED) is 0.557. The average molecular weight is 459 g/mol. The molecule has 9 heteroatoms. The molecule has 0 saturated heterocycles. The summed E-state index contributed by atoms with van der Waals surface area (Å²) in [7, 11) is 4.51. The Bertz CT molecular complexity index is 812. The number of amides is 1. The van der Waals surface area contributed by atoms with Crippen LogP contribution in [0.2, 0.25) is 0 Å². The molecule has 0 unspecified atom stereocenters. The van der Waals surface area contributed by atoms with Gasteiger partial charge in [0, 0.05) is 32.4 Å². The Balaban J connectivity index is 2.06. The molecule has 1 fully saturated rings. The molecule has 0 spiro atoms. The predicted molar refractivity (Wildman–Crippen MR) is 116 cm³/mol. The van der Waals surface area contributed by atoms with Crippen molar-refractivity contribution in [3.8, 4) is 0 Å². The van der Waals surface area contributed by atoms with Gasteiger partial charge in [0.2, 0.25) is 0 Å². The van der Waals surface area contributed by atoms with Crippen LogP contribution in [0, 0.1) is 5.92 Å². The molecular weight excluding hydrogens is 425 g/mol. The summed E-state index contributed by atoms with van der Waals surface area (Å²) in [5.41, 5.74) is -1.33. The SMILES string of the molecule is COC(=O)c1ccc(C(F)(F)F)c(N(C)C[C@H]2CC[C@H](N(C)C(=O)OC(C)(C)C)CC2)c1. The first-order chi connectivity index (χ1) is 14.7. The van der Waals surface area contributed by atoms with Gasteiger partial charge in [-0.1, -0.05) is 0 Å². The lowest BCUT2D eigenvalue weighted by molar-refractivity contribution is -0.137. The molecule has 0 heterocycles. The minimum Gasteiger partial charge on any atom is -0.465 e. The van der Waals surface area contributed by atoms with E-state index in [1.807, 2.05) is 20.8 Å². The first-order valence-corrected chi connectivity index (χ1v) is 10.7. The number of nitrogens with zero attached hydrogens (tertiary/aromatic N) is 2. The Morgan fingerprint density at radius 2 is 1.66 bits per heavy atom. The van der Waals surface area contributed by atoms with Crippen LogP contribution in [0.15, 0.2) is 18.2 Å². The van der Waals surface area contributed by atoms with Crippen LogP contribution >= 0.6 is 0 Å². The van der Waals surface area contributed by atoms with E-state index in [0.29, 0.717) is 6.54 Å². The number of halogens is 3. The highest BCUT2D eigenvalue weighted by atomic mass is 19.4. The van der Waals surface area contributed by atoms with Crippen LogP contribution in [-0.4, -0.2) is 56.4 Å². The molecule has 0 atom stereocenters. The molecule has 0 radical (unpaired) electrons. The molecular formula is C23H33F3N2O4. The maximum Gasteiger partial charge on any atom is 0.418 e. The van der Waals surface area contributed by atoms with Crippen LogP contribution in [0.5, 0.6) is 0 Å². The summed E-state index contributed by atoms with van der Waals surface area (Å²) in [5.74, 6) is -0.509. The van der Waals surface area contributed by atoms with Crippen LogP contribution in [0.4, 0.5) is 23.7 Å². The maximum absolute atomic E-state index is 13.5. The Morgan fingerprint density at radius 1 is 1.06 bits per heavy atom. The minimum atomic E-state index is -4.54. The van der Waals surface area contributed by atoms with Crippen LogP contribution in [0.25, 0.3) is 0 Å². The van der Waals surface area contributed by atoms with Crippen molar-refractivity contribution < 1.29 is 32.2 Å². The number of ether oxygens (including phenoxy) is 2. The lowest BCUT2D eigenvalue weighted by atomic mass is 9.85. The molecule has 1 saturated carbocycles. The number of hydrogen-bond donors (Lipinski definition) is 0. The number of alkyl halides is 3. The number of benzene rings is 1. The van der Waals surface area contributed by atoms with Gasteiger partial charge in [0.05, 0.1) is 18.2 Å². The van der Waals surface area contributed by atoms with E-state index in [1.54, 1.807) is 23.9 Å². The van der Waals surface area contributed by atoms with Crippen molar-refractivity contribution in [2.45, 2.75) is 64.3 Å². The highest BCUT2D eigenvalue weighted by Gasteiger charge is 2.36. The molecule has 0 bridgehead atoms. The maximum atomic E-state index is 13.5. The number of carbonyl (C=O) groups excluding carboxylic acids is 2. The fraction of sp³-hybridized carbons (Fsp3) is 0.652. The molecule has 0 aromatic heterocycles. The lowest BCUT2D eigenvalue weighted by Crippen LogP contribution is -2.43. The molecule has 6 nitrogen and oxygen atoms in total. The molecule has 180 valence electrons. The van der Waals surface area contributed by atoms with Gasteiger partial charge in [-0.3, -0.25) is 0 Å². The summed E-state index contributed by atoms with van der Waals surface area (Å²) in [4.78, 5) is 27.3. The number of rotatable bonds is 5. The Hall–Kier alpha value is -2.45. The summed E-state index contributed by atoms with van der Waals surface area (Å²) < 4.78 is 50.7. The van der Waals surface area contributed by atoms with Crippen molar-refractivity contribution in [2.75, 3.05) is 32.6 Å². The lowest BCUT2D eigenvalue weighted by Gasteiger charge is -2.37. The van der Waals surface area contributed by atoms with Gasteiger partial charge in [0.15, 0.2) is 0 Å². The first kappa shape index (κ1) is 25.8. The first-order valence-electron chi connectivity index (χ1n) is 10.7. The third-order valence-corrected chi connectivity index (χ3v) is 5.71. The highest BCUT2D eigenvalue weighted by Crippen LogP contribution is 2.38. The van der Waals surface area contributed by atoms with Gasteiger partial charge in [-0.15, -0.1) is 0 Å². The summed E-state index contributed by atoms with van der Waals surface area (Å²) in [6.45, 7) is 5.86. The zero-order chi connectivity index (χ0) is 24.3. The van der Waals surface area contributed by atoms with Gasteiger partial charge >= 0.3 is 18.2 Å². The van der Waals surface area contributed by atoms with Crippen molar-refractivity contribution in [2.24, 2.45) is 5.92 Å². The summed E-state index contributed by atoms with van der Waals surface area (Å²) in [5, 5.41) is 0. The molecule has 1 amide bonds. The van der Waals surface area contributed by atoms with Crippen molar-refractivity contribution >= 4 is 17.7 Å². The zero-order valence-electron chi connectivity index (χ0n) is 19.6. The molecule has 1 aliphatic carbocycles. The third kappa shape index (κ3) is 6.77. The van der Waals surface area contributed by atoms with Crippen LogP contribution in [0.3, 0.4) is 0 Å². The largest absolute Gasteiger partial charge is 0.465 e. The van der Waals surface area contributed by atoms with Gasteiger partial charge in [0.25, 0.3) is 0 Å². The highest BCUT2D eigenvalue weighted by molar-refractivity contribution is 5.90. The van der Waals surface area contributed by atoms with E-state index in [4.69, 9.17) is 4.74 Å². The third-order valence-electron chi connectivity index (χ3n) is 5.71. The second-order valence-corrected chi connectivity index (χ2v) is 9.37. The zero-order valence-corrected chi connectivity index (χ0v) is 19.6. The molecule has 1 aromatic rings. The number of methoxy groups -OCH3 is 1. The molecule has 2 rings (SSSR count). The summed E-state index contributed by atoms with van der Waals surface area (Å²) in [6.07, 6.45) is -1.84. The van der Waals surface area contributed by atoms with Gasteiger partial charge < -0.3 is 19.3 Å². The van der Waals surface area contributed by atoms with Crippen molar-refractivity contribution in [3.63, 3.8) is 0 Å². The number of anilines is 1. The van der Waals surface area contributed by atoms with Gasteiger partial charge in [-0.2, -0.15) is 13.2 Å².